The molecule has 0 saturated carbocycles. The fourth-order valence-corrected chi connectivity index (χ4v) is 5.30. The zero-order valence-corrected chi connectivity index (χ0v) is 27.2. The molecule has 250 valence electrons. The smallest absolute Gasteiger partial charge is 0.408 e. The number of nitrogens with zero attached hydrogens (tertiary/aromatic N) is 1. The van der Waals surface area contributed by atoms with Crippen molar-refractivity contribution in [1.82, 2.24) is 26.2 Å². The number of carbonyl (C=O) groups excluding carboxylic acids is 4. The number of hydrogen-bond donors (Lipinski definition) is 7. The highest BCUT2D eigenvalue weighted by atomic mass is 32.2. The number of nitrogens with two attached hydrogens (primary N) is 1. The van der Waals surface area contributed by atoms with E-state index in [1.54, 1.807) is 45.0 Å². The molecule has 45 heavy (non-hydrogen) atoms. The lowest BCUT2D eigenvalue weighted by atomic mass is 10.0. The van der Waals surface area contributed by atoms with Gasteiger partial charge in [0.25, 0.3) is 0 Å². The van der Waals surface area contributed by atoms with Gasteiger partial charge in [0.15, 0.2) is 5.96 Å². The van der Waals surface area contributed by atoms with Crippen LogP contribution in [0.3, 0.4) is 0 Å². The lowest BCUT2D eigenvalue weighted by Crippen LogP contribution is -2.58. The van der Waals surface area contributed by atoms with E-state index >= 15 is 0 Å². The number of carboxylic acid groups (broad SMARTS) is 1. The zero-order valence-electron chi connectivity index (χ0n) is 26.4. The Kier molecular flexibility index (Phi) is 14.9. The quantitative estimate of drug-likeness (QED) is 0.0771. The van der Waals surface area contributed by atoms with E-state index in [0.29, 0.717) is 38.0 Å². The average Bonchev–Trinajstić information content (AvgIpc) is 3.45. The molecule has 1 aliphatic heterocycles. The van der Waals surface area contributed by atoms with E-state index in [2.05, 4.69) is 21.3 Å². The summed E-state index contributed by atoms with van der Waals surface area (Å²) in [5, 5.41) is 27.5. The monoisotopic (exact) mass is 649 g/mol. The number of thioether (sulfide) groups is 1. The summed E-state index contributed by atoms with van der Waals surface area (Å²) in [5.74, 6) is -2.53. The van der Waals surface area contributed by atoms with Crippen LogP contribution in [0.4, 0.5) is 4.79 Å². The van der Waals surface area contributed by atoms with Crippen molar-refractivity contribution in [2.45, 2.75) is 89.1 Å². The molecular formula is C30H47N7O7S. The third-order valence-corrected chi connectivity index (χ3v) is 7.60. The summed E-state index contributed by atoms with van der Waals surface area (Å²) in [6.45, 7) is 5.72. The van der Waals surface area contributed by atoms with Gasteiger partial charge in [-0.1, -0.05) is 30.3 Å². The number of hydrogen-bond acceptors (Lipinski definition) is 8. The first-order valence-electron chi connectivity index (χ1n) is 15.0. The fourth-order valence-electron chi connectivity index (χ4n) is 4.83. The first-order valence-corrected chi connectivity index (χ1v) is 16.4. The minimum absolute atomic E-state index is 0.0698. The van der Waals surface area contributed by atoms with Crippen molar-refractivity contribution in [2.24, 2.45) is 5.73 Å². The van der Waals surface area contributed by atoms with Gasteiger partial charge in [-0.05, 0) is 70.4 Å². The van der Waals surface area contributed by atoms with E-state index in [9.17, 15) is 29.1 Å². The van der Waals surface area contributed by atoms with Crippen LogP contribution >= 0.6 is 11.8 Å². The van der Waals surface area contributed by atoms with Crippen molar-refractivity contribution in [3.05, 3.63) is 35.9 Å². The van der Waals surface area contributed by atoms with Crippen LogP contribution in [-0.2, 0) is 30.3 Å². The molecule has 1 heterocycles. The van der Waals surface area contributed by atoms with Gasteiger partial charge >= 0.3 is 12.1 Å². The first-order chi connectivity index (χ1) is 21.2. The van der Waals surface area contributed by atoms with E-state index in [-0.39, 0.29) is 25.3 Å². The normalized spacial score (nSPS) is 16.5. The van der Waals surface area contributed by atoms with Gasteiger partial charge in [-0.25, -0.2) is 9.59 Å². The Balaban J connectivity index is 2.20. The Morgan fingerprint density at radius 1 is 1.07 bits per heavy atom. The predicted octanol–water partition coefficient (Wildman–Crippen LogP) is 1.18. The zero-order chi connectivity index (χ0) is 33.6. The summed E-state index contributed by atoms with van der Waals surface area (Å²) >= 11 is 1.52. The van der Waals surface area contributed by atoms with Crippen LogP contribution in [0.2, 0.25) is 0 Å². The van der Waals surface area contributed by atoms with Crippen LogP contribution < -0.4 is 27.0 Å². The molecule has 0 radical (unpaired) electrons. The van der Waals surface area contributed by atoms with Crippen molar-refractivity contribution >= 4 is 47.5 Å². The molecule has 0 bridgehead atoms. The van der Waals surface area contributed by atoms with Crippen LogP contribution in [0, 0.1) is 5.41 Å². The van der Waals surface area contributed by atoms with Gasteiger partial charge < -0.3 is 41.7 Å². The van der Waals surface area contributed by atoms with Gasteiger partial charge in [0.2, 0.25) is 17.7 Å². The number of likely N-dealkylation sites (tertiary alicyclic amines) is 1. The van der Waals surface area contributed by atoms with Crippen LogP contribution in [0.25, 0.3) is 0 Å². The molecule has 14 nitrogen and oxygen atoms in total. The topological polar surface area (TPSA) is 216 Å². The van der Waals surface area contributed by atoms with Crippen molar-refractivity contribution in [1.29, 1.82) is 5.41 Å². The molecule has 0 aromatic heterocycles. The van der Waals surface area contributed by atoms with E-state index in [0.717, 1.165) is 5.56 Å². The number of rotatable bonds is 16. The van der Waals surface area contributed by atoms with Gasteiger partial charge in [-0.15, -0.1) is 0 Å². The highest BCUT2D eigenvalue weighted by molar-refractivity contribution is 7.98. The molecule has 2 rings (SSSR count). The lowest BCUT2D eigenvalue weighted by Gasteiger charge is -2.30. The number of alkyl carbamates (subject to hydrolysis) is 1. The third kappa shape index (κ3) is 13.3. The van der Waals surface area contributed by atoms with Crippen LogP contribution in [0.5, 0.6) is 0 Å². The summed E-state index contributed by atoms with van der Waals surface area (Å²) in [6, 6.07) is 4.83. The molecule has 1 aromatic carbocycles. The molecule has 1 aromatic rings. The Morgan fingerprint density at radius 3 is 2.36 bits per heavy atom. The maximum Gasteiger partial charge on any atom is 0.408 e. The third-order valence-electron chi connectivity index (χ3n) is 6.95. The summed E-state index contributed by atoms with van der Waals surface area (Å²) in [7, 11) is 0. The Hall–Kier alpha value is -4.01. The van der Waals surface area contributed by atoms with E-state index < -0.39 is 59.6 Å². The Labute approximate surface area is 268 Å². The first kappa shape index (κ1) is 37.2. The Morgan fingerprint density at radius 2 is 1.76 bits per heavy atom. The molecule has 0 unspecified atom stereocenters. The maximum absolute atomic E-state index is 13.7. The maximum atomic E-state index is 13.7. The summed E-state index contributed by atoms with van der Waals surface area (Å²) < 4.78 is 5.35. The van der Waals surface area contributed by atoms with E-state index in [1.807, 2.05) is 12.3 Å². The number of carboxylic acids is 1. The number of guanidine groups is 1. The van der Waals surface area contributed by atoms with Gasteiger partial charge in [0, 0.05) is 19.5 Å². The van der Waals surface area contributed by atoms with Gasteiger partial charge in [-0.2, -0.15) is 11.8 Å². The molecule has 1 saturated heterocycles. The SMILES string of the molecule is CSCC[C@H](NC(=O)OC(C)(C)C)C(=O)N1CCC[C@H]1C(=O)N[C@H](Cc1ccccc1)C(=O)N[C@@H](CCCNC(=N)N)C(=O)O. The number of aliphatic carboxylic acids is 1. The number of amides is 4. The van der Waals surface area contributed by atoms with Crippen LogP contribution in [0.15, 0.2) is 30.3 Å². The van der Waals surface area contributed by atoms with Gasteiger partial charge in [0.1, 0.15) is 29.8 Å². The standard InChI is InChI=1S/C30H47N7O7S/c1-30(2,3)44-29(43)36-20(14-17-45-4)26(40)37-16-9-13-23(37)25(39)35-22(18-19-10-6-5-7-11-19)24(38)34-21(27(41)42)12-8-15-33-28(31)32/h5-7,10-11,20-23H,8-9,12-18H2,1-4H3,(H,34,38)(H,35,39)(H,36,43)(H,41,42)(H4,31,32,33)/t20-,21-,22+,23-/m0/s1. The largest absolute Gasteiger partial charge is 0.480 e. The predicted molar refractivity (Wildman–Crippen MR) is 172 cm³/mol. The summed E-state index contributed by atoms with van der Waals surface area (Å²) in [4.78, 5) is 66.6. The summed E-state index contributed by atoms with van der Waals surface area (Å²) in [6.07, 6.45) is 2.89. The highest BCUT2D eigenvalue weighted by Crippen LogP contribution is 2.21. The van der Waals surface area contributed by atoms with Gasteiger partial charge in [-0.3, -0.25) is 19.8 Å². The minimum Gasteiger partial charge on any atom is -0.480 e. The molecule has 1 fully saturated rings. The molecule has 8 N–H and O–H groups in total. The molecule has 0 spiro atoms. The number of nitrogens with one attached hydrogen (secondary N) is 5. The molecule has 15 heteroatoms. The highest BCUT2D eigenvalue weighted by Gasteiger charge is 2.39. The minimum atomic E-state index is -1.24. The van der Waals surface area contributed by atoms with Crippen molar-refractivity contribution < 1.29 is 33.8 Å². The number of carbonyl (C=O) groups is 5. The average molecular weight is 650 g/mol. The van der Waals surface area contributed by atoms with Gasteiger partial charge in [0.05, 0.1) is 0 Å². The van der Waals surface area contributed by atoms with E-state index in [1.165, 1.54) is 16.7 Å². The van der Waals surface area contributed by atoms with Crippen LogP contribution in [0.1, 0.15) is 58.4 Å². The second-order valence-corrected chi connectivity index (χ2v) is 12.8. The lowest BCUT2D eigenvalue weighted by molar-refractivity contribution is -0.143. The molecule has 0 aliphatic carbocycles. The molecule has 1 aliphatic rings. The molecular weight excluding hydrogens is 602 g/mol. The second-order valence-electron chi connectivity index (χ2n) is 11.8. The number of ether oxygens (including phenoxy) is 1. The van der Waals surface area contributed by atoms with E-state index in [4.69, 9.17) is 15.9 Å². The van der Waals surface area contributed by atoms with Crippen molar-refractivity contribution in [2.75, 3.05) is 25.1 Å². The van der Waals surface area contributed by atoms with Crippen molar-refractivity contribution in [3.63, 3.8) is 0 Å². The second kappa shape index (κ2) is 18.1. The fraction of sp³-hybridized carbons (Fsp3) is 0.600. The molecule has 4 amide bonds. The summed E-state index contributed by atoms with van der Waals surface area (Å²) in [5.41, 5.74) is 5.25. The van der Waals surface area contributed by atoms with Crippen LogP contribution in [-0.4, -0.2) is 101 Å². The number of benzene rings is 1. The molecule has 4 atom stereocenters. The van der Waals surface area contributed by atoms with Crippen molar-refractivity contribution in [3.8, 4) is 0 Å². The Bertz CT molecular complexity index is 1180.